The number of amides is 1. The minimum atomic E-state index is -1.27. The number of nitro groups is 1. The van der Waals surface area contributed by atoms with Crippen LogP contribution in [0.15, 0.2) is 79.0 Å². The van der Waals surface area contributed by atoms with Crippen LogP contribution in [0.5, 0.6) is 0 Å². The van der Waals surface area contributed by atoms with E-state index in [2.05, 4.69) is 10.3 Å². The fourth-order valence-corrected chi connectivity index (χ4v) is 3.60. The molecule has 166 valence electrons. The number of carbonyl (C=O) groups is 2. The first kappa shape index (κ1) is 21.8. The Labute approximate surface area is 189 Å². The number of hydrogen-bond acceptors (Lipinski definition) is 5. The fourth-order valence-electron chi connectivity index (χ4n) is 3.60. The Bertz CT molecular complexity index is 1330. The van der Waals surface area contributed by atoms with Gasteiger partial charge in [-0.1, -0.05) is 54.6 Å². The summed E-state index contributed by atoms with van der Waals surface area (Å²) in [6, 6.07) is 20.6. The van der Waals surface area contributed by atoms with Gasteiger partial charge >= 0.3 is 5.97 Å². The van der Waals surface area contributed by atoms with Crippen molar-refractivity contribution >= 4 is 34.2 Å². The van der Waals surface area contributed by atoms with E-state index in [1.165, 1.54) is 12.1 Å². The molecule has 0 spiro atoms. The summed E-state index contributed by atoms with van der Waals surface area (Å²) in [7, 11) is 0. The lowest BCUT2D eigenvalue weighted by Crippen LogP contribution is -2.26. The van der Waals surface area contributed by atoms with E-state index in [0.717, 1.165) is 16.5 Å². The van der Waals surface area contributed by atoms with Crippen molar-refractivity contribution in [2.24, 2.45) is 0 Å². The molecule has 33 heavy (non-hydrogen) atoms. The molecule has 0 aliphatic heterocycles. The van der Waals surface area contributed by atoms with Crippen LogP contribution < -0.4 is 5.32 Å². The second-order valence-electron chi connectivity index (χ2n) is 7.58. The highest BCUT2D eigenvalue weighted by Gasteiger charge is 2.27. The summed E-state index contributed by atoms with van der Waals surface area (Å²) in [6.07, 6.45) is 0.426. The molecule has 8 heteroatoms. The number of nitrogens with zero attached hydrogens (tertiary/aromatic N) is 1. The predicted octanol–water partition coefficient (Wildman–Crippen LogP) is 4.85. The third-order valence-electron chi connectivity index (χ3n) is 5.21. The monoisotopic (exact) mass is 443 g/mol. The number of ether oxygens (including phenoxy) is 1. The number of fused-ring (bicyclic) bond motifs is 1. The van der Waals surface area contributed by atoms with Crippen LogP contribution >= 0.6 is 0 Å². The molecule has 0 bridgehead atoms. The van der Waals surface area contributed by atoms with E-state index in [9.17, 15) is 19.7 Å². The minimum Gasteiger partial charge on any atom is -0.447 e. The Morgan fingerprint density at radius 2 is 1.79 bits per heavy atom. The standard InChI is InChI=1S/C25H21N3O5/c1-16-11-12-21(22(13-16)28(31)32)27-25(30)24(17-7-3-2-4-8-17)33-23(29)14-18-15-26-20-10-6-5-9-19(18)20/h2-13,15,24,26H,14H2,1H3,(H,27,30). The summed E-state index contributed by atoms with van der Waals surface area (Å²) in [5.74, 6) is -1.28. The lowest BCUT2D eigenvalue weighted by molar-refractivity contribution is -0.384. The molecule has 1 aromatic heterocycles. The zero-order chi connectivity index (χ0) is 23.4. The maximum atomic E-state index is 13.1. The highest BCUT2D eigenvalue weighted by molar-refractivity contribution is 5.98. The first-order chi connectivity index (χ1) is 15.9. The number of hydrogen-bond donors (Lipinski definition) is 2. The zero-order valence-corrected chi connectivity index (χ0v) is 17.8. The molecule has 3 aromatic carbocycles. The third-order valence-corrected chi connectivity index (χ3v) is 5.21. The second-order valence-corrected chi connectivity index (χ2v) is 7.58. The molecule has 0 aliphatic rings. The minimum absolute atomic E-state index is 0.0317. The quantitative estimate of drug-likeness (QED) is 0.241. The van der Waals surface area contributed by atoms with Gasteiger partial charge in [-0.25, -0.2) is 0 Å². The van der Waals surface area contributed by atoms with Crippen LogP contribution in [0.25, 0.3) is 10.9 Å². The van der Waals surface area contributed by atoms with Crippen molar-refractivity contribution in [2.75, 3.05) is 5.32 Å². The van der Waals surface area contributed by atoms with E-state index in [-0.39, 0.29) is 17.8 Å². The first-order valence-corrected chi connectivity index (χ1v) is 10.3. The van der Waals surface area contributed by atoms with E-state index in [0.29, 0.717) is 11.1 Å². The van der Waals surface area contributed by atoms with Gasteiger partial charge in [-0.15, -0.1) is 0 Å². The molecular formula is C25H21N3O5. The number of nitro benzene ring substituents is 1. The summed E-state index contributed by atoms with van der Waals surface area (Å²) >= 11 is 0. The van der Waals surface area contributed by atoms with E-state index in [1.54, 1.807) is 49.5 Å². The number of carbonyl (C=O) groups excluding carboxylic acids is 2. The number of H-pyrrole nitrogens is 1. The highest BCUT2D eigenvalue weighted by Crippen LogP contribution is 2.28. The SMILES string of the molecule is Cc1ccc(NC(=O)C(OC(=O)Cc2c[nH]c3ccccc23)c2ccccc2)c([N+](=O)[O-])c1. The molecule has 1 heterocycles. The molecule has 4 aromatic rings. The van der Waals surface area contributed by atoms with Crippen molar-refractivity contribution < 1.29 is 19.2 Å². The van der Waals surface area contributed by atoms with Crippen LogP contribution in [0.1, 0.15) is 22.8 Å². The van der Waals surface area contributed by atoms with Crippen molar-refractivity contribution in [3.8, 4) is 0 Å². The summed E-state index contributed by atoms with van der Waals surface area (Å²) < 4.78 is 5.58. The number of anilines is 1. The molecular weight excluding hydrogens is 422 g/mol. The number of rotatable bonds is 7. The zero-order valence-electron chi connectivity index (χ0n) is 17.8. The molecule has 1 unspecified atom stereocenters. The molecule has 4 rings (SSSR count). The molecule has 1 amide bonds. The van der Waals surface area contributed by atoms with Gasteiger partial charge in [0.1, 0.15) is 5.69 Å². The van der Waals surface area contributed by atoms with Gasteiger partial charge in [0, 0.05) is 28.7 Å². The highest BCUT2D eigenvalue weighted by atomic mass is 16.6. The van der Waals surface area contributed by atoms with Gasteiger partial charge in [-0.2, -0.15) is 0 Å². The van der Waals surface area contributed by atoms with Crippen LogP contribution in [0, 0.1) is 17.0 Å². The summed E-state index contributed by atoms with van der Waals surface area (Å²) in [4.78, 5) is 39.9. The molecule has 8 nitrogen and oxygen atoms in total. The van der Waals surface area contributed by atoms with E-state index < -0.39 is 22.9 Å². The Morgan fingerprint density at radius 1 is 1.06 bits per heavy atom. The number of esters is 1. The molecule has 1 atom stereocenters. The lowest BCUT2D eigenvalue weighted by atomic mass is 10.1. The molecule has 0 radical (unpaired) electrons. The van der Waals surface area contributed by atoms with Gasteiger partial charge in [-0.05, 0) is 30.2 Å². The topological polar surface area (TPSA) is 114 Å². The predicted molar refractivity (Wildman–Crippen MR) is 124 cm³/mol. The van der Waals surface area contributed by atoms with E-state index >= 15 is 0 Å². The number of nitrogens with one attached hydrogen (secondary N) is 2. The van der Waals surface area contributed by atoms with Gasteiger partial charge in [-0.3, -0.25) is 19.7 Å². The largest absolute Gasteiger partial charge is 0.447 e. The Kier molecular flexibility index (Phi) is 6.17. The maximum Gasteiger partial charge on any atom is 0.311 e. The van der Waals surface area contributed by atoms with Crippen molar-refractivity contribution in [1.29, 1.82) is 0 Å². The fraction of sp³-hybridized carbons (Fsp3) is 0.120. The lowest BCUT2D eigenvalue weighted by Gasteiger charge is -2.18. The normalized spacial score (nSPS) is 11.7. The molecule has 0 saturated carbocycles. The smallest absolute Gasteiger partial charge is 0.311 e. The summed E-state index contributed by atoms with van der Waals surface area (Å²) in [5.41, 5.74) is 2.58. The van der Waals surface area contributed by atoms with Crippen LogP contribution in [0.4, 0.5) is 11.4 Å². The molecule has 0 fully saturated rings. The molecule has 0 aliphatic carbocycles. The number of para-hydroxylation sites is 1. The summed E-state index contributed by atoms with van der Waals surface area (Å²) in [5, 5.41) is 14.9. The van der Waals surface area contributed by atoms with Crippen molar-refractivity contribution in [2.45, 2.75) is 19.4 Å². The van der Waals surface area contributed by atoms with Crippen LogP contribution in [-0.4, -0.2) is 21.8 Å². The van der Waals surface area contributed by atoms with Gasteiger partial charge < -0.3 is 15.0 Å². The number of aryl methyl sites for hydroxylation is 1. The van der Waals surface area contributed by atoms with Gasteiger partial charge in [0.15, 0.2) is 0 Å². The van der Waals surface area contributed by atoms with Gasteiger partial charge in [0.25, 0.3) is 11.6 Å². The Hall–Kier alpha value is -4.46. The first-order valence-electron chi connectivity index (χ1n) is 10.3. The maximum absolute atomic E-state index is 13.1. The number of benzene rings is 3. The van der Waals surface area contributed by atoms with E-state index in [4.69, 9.17) is 4.74 Å². The Morgan fingerprint density at radius 3 is 2.55 bits per heavy atom. The average molecular weight is 443 g/mol. The van der Waals surface area contributed by atoms with E-state index in [1.807, 2.05) is 24.3 Å². The van der Waals surface area contributed by atoms with Crippen LogP contribution in [-0.2, 0) is 20.7 Å². The Balaban J connectivity index is 1.57. The number of aromatic amines is 1. The average Bonchev–Trinajstić information content (AvgIpc) is 3.21. The van der Waals surface area contributed by atoms with Crippen molar-refractivity contribution in [3.63, 3.8) is 0 Å². The van der Waals surface area contributed by atoms with Crippen LogP contribution in [0.2, 0.25) is 0 Å². The van der Waals surface area contributed by atoms with Crippen molar-refractivity contribution in [3.05, 3.63) is 106 Å². The van der Waals surface area contributed by atoms with Crippen LogP contribution in [0.3, 0.4) is 0 Å². The summed E-state index contributed by atoms with van der Waals surface area (Å²) in [6.45, 7) is 1.72. The van der Waals surface area contributed by atoms with Gasteiger partial charge in [0.05, 0.1) is 11.3 Å². The van der Waals surface area contributed by atoms with Gasteiger partial charge in [0.2, 0.25) is 6.10 Å². The number of aromatic nitrogens is 1. The second kappa shape index (κ2) is 9.35. The third kappa shape index (κ3) is 4.90. The van der Waals surface area contributed by atoms with Crippen molar-refractivity contribution in [1.82, 2.24) is 4.98 Å². The molecule has 2 N–H and O–H groups in total. The molecule has 0 saturated heterocycles.